The zero-order valence-electron chi connectivity index (χ0n) is 15.8. The minimum absolute atomic E-state index is 0.00765. The van der Waals surface area contributed by atoms with E-state index in [1.165, 1.54) is 0 Å². The van der Waals surface area contributed by atoms with Gasteiger partial charge in [0.1, 0.15) is 0 Å². The highest BCUT2D eigenvalue weighted by Crippen LogP contribution is 2.24. The second kappa shape index (κ2) is 8.50. The summed E-state index contributed by atoms with van der Waals surface area (Å²) in [5, 5.41) is 8.23. The molecule has 0 saturated carbocycles. The van der Waals surface area contributed by atoms with Crippen molar-refractivity contribution in [2.24, 2.45) is 0 Å². The second-order valence-corrected chi connectivity index (χ2v) is 6.85. The van der Waals surface area contributed by atoms with Crippen LogP contribution in [0.5, 0.6) is 0 Å². The number of carbonyl (C=O) groups excluding carboxylic acids is 1. The zero-order chi connectivity index (χ0) is 19.4. The number of fused-ring (bicyclic) bond motifs is 1. The summed E-state index contributed by atoms with van der Waals surface area (Å²) in [5.41, 5.74) is 5.60. The lowest BCUT2D eigenvalue weighted by Crippen LogP contribution is -2.27. The van der Waals surface area contributed by atoms with Gasteiger partial charge in [-0.1, -0.05) is 23.7 Å². The normalized spacial score (nSPS) is 11.1. The van der Waals surface area contributed by atoms with Crippen molar-refractivity contribution in [1.29, 1.82) is 0 Å². The largest absolute Gasteiger partial charge is 0.383 e. The topological polar surface area (TPSA) is 68.5 Å². The molecule has 0 spiro atoms. The Morgan fingerprint density at radius 3 is 2.70 bits per heavy atom. The van der Waals surface area contributed by atoms with Crippen LogP contribution >= 0.6 is 11.6 Å². The van der Waals surface area contributed by atoms with Crippen LogP contribution in [0.15, 0.2) is 30.3 Å². The first kappa shape index (κ1) is 19.3. The molecule has 0 fully saturated rings. The summed E-state index contributed by atoms with van der Waals surface area (Å²) in [5.74, 6) is 0.00765. The summed E-state index contributed by atoms with van der Waals surface area (Å²) >= 11 is 5.97. The summed E-state index contributed by atoms with van der Waals surface area (Å²) in [4.78, 5) is 16.6. The van der Waals surface area contributed by atoms with Gasteiger partial charge in [0, 0.05) is 48.1 Å². The molecule has 0 atom stereocenters. The summed E-state index contributed by atoms with van der Waals surface area (Å²) in [7, 11) is 1.61. The first-order chi connectivity index (χ1) is 13.0. The number of ether oxygens (including phenoxy) is 1. The van der Waals surface area contributed by atoms with E-state index in [1.807, 2.05) is 48.7 Å². The van der Waals surface area contributed by atoms with Crippen LogP contribution in [0.3, 0.4) is 0 Å². The van der Waals surface area contributed by atoms with Crippen LogP contribution in [0.4, 0.5) is 0 Å². The molecule has 6 nitrogen and oxygen atoms in total. The lowest BCUT2D eigenvalue weighted by molar-refractivity contribution is -0.121. The van der Waals surface area contributed by atoms with Crippen molar-refractivity contribution in [3.8, 4) is 11.3 Å². The van der Waals surface area contributed by atoms with Gasteiger partial charge in [0.15, 0.2) is 5.65 Å². The van der Waals surface area contributed by atoms with Crippen molar-refractivity contribution in [3.63, 3.8) is 0 Å². The number of carbonyl (C=O) groups is 1. The van der Waals surface area contributed by atoms with E-state index < -0.39 is 0 Å². The molecule has 2 heterocycles. The minimum Gasteiger partial charge on any atom is -0.383 e. The highest BCUT2D eigenvalue weighted by atomic mass is 35.5. The fourth-order valence-corrected chi connectivity index (χ4v) is 3.20. The fourth-order valence-electron chi connectivity index (χ4n) is 3.07. The number of benzene rings is 1. The van der Waals surface area contributed by atoms with E-state index in [-0.39, 0.29) is 5.91 Å². The molecule has 2 aromatic heterocycles. The summed E-state index contributed by atoms with van der Waals surface area (Å²) in [6, 6.07) is 9.54. The lowest BCUT2D eigenvalue weighted by Gasteiger charge is -2.11. The maximum absolute atomic E-state index is 12.0. The number of nitrogens with zero attached hydrogens (tertiary/aromatic N) is 3. The fraction of sp³-hybridized carbons (Fsp3) is 0.350. The van der Waals surface area contributed by atoms with Crippen LogP contribution in [0.25, 0.3) is 16.9 Å². The van der Waals surface area contributed by atoms with E-state index in [2.05, 4.69) is 10.3 Å². The molecule has 0 aliphatic carbocycles. The maximum Gasteiger partial charge on any atom is 0.220 e. The average Bonchev–Trinajstić information content (AvgIpc) is 3.06. The van der Waals surface area contributed by atoms with Gasteiger partial charge < -0.3 is 10.1 Å². The second-order valence-electron chi connectivity index (χ2n) is 6.41. The Balaban J connectivity index is 1.82. The van der Waals surface area contributed by atoms with Crippen LogP contribution < -0.4 is 5.32 Å². The molecular weight excluding hydrogens is 364 g/mol. The summed E-state index contributed by atoms with van der Waals surface area (Å²) in [6.45, 7) is 5.02. The summed E-state index contributed by atoms with van der Waals surface area (Å²) in [6.07, 6.45) is 1.03. The summed E-state index contributed by atoms with van der Waals surface area (Å²) < 4.78 is 6.79. The smallest absolute Gasteiger partial charge is 0.220 e. The predicted octanol–water partition coefficient (Wildman–Crippen LogP) is 3.36. The van der Waals surface area contributed by atoms with Crippen molar-refractivity contribution in [2.75, 3.05) is 20.3 Å². The van der Waals surface area contributed by atoms with Gasteiger partial charge in [0.05, 0.1) is 12.3 Å². The molecule has 0 unspecified atom stereocenters. The molecule has 1 amide bonds. The molecule has 0 bridgehead atoms. The predicted molar refractivity (Wildman–Crippen MR) is 106 cm³/mol. The van der Waals surface area contributed by atoms with E-state index in [4.69, 9.17) is 21.4 Å². The number of amides is 1. The number of aromatic nitrogens is 3. The monoisotopic (exact) mass is 386 g/mol. The van der Waals surface area contributed by atoms with Crippen LogP contribution in [-0.4, -0.2) is 40.8 Å². The third-order valence-corrected chi connectivity index (χ3v) is 4.79. The van der Waals surface area contributed by atoms with Gasteiger partial charge >= 0.3 is 0 Å². The number of halogens is 1. The highest BCUT2D eigenvalue weighted by molar-refractivity contribution is 6.30. The van der Waals surface area contributed by atoms with E-state index in [9.17, 15) is 4.79 Å². The van der Waals surface area contributed by atoms with Gasteiger partial charge in [0.25, 0.3) is 0 Å². The molecular formula is C20H23ClN4O2. The number of methoxy groups -OCH3 is 1. The van der Waals surface area contributed by atoms with Crippen molar-refractivity contribution in [2.45, 2.75) is 26.7 Å². The number of hydrogen-bond acceptors (Lipinski definition) is 4. The standard InChI is InChI=1S/C20H23ClN4O2/c1-13-17(8-9-20(26)22-10-11-27-3)14(2)25-19(23-13)12-18(24-25)15-4-6-16(21)7-5-15/h4-7,12H,8-11H2,1-3H3,(H,22,26). The van der Waals surface area contributed by atoms with Gasteiger partial charge in [-0.3, -0.25) is 4.79 Å². The molecule has 0 saturated heterocycles. The van der Waals surface area contributed by atoms with E-state index in [1.54, 1.807) is 7.11 Å². The van der Waals surface area contributed by atoms with Gasteiger partial charge in [-0.2, -0.15) is 5.10 Å². The molecule has 3 rings (SSSR count). The molecule has 27 heavy (non-hydrogen) atoms. The Kier molecular flexibility index (Phi) is 6.08. The van der Waals surface area contributed by atoms with Crippen molar-refractivity contribution in [1.82, 2.24) is 19.9 Å². The maximum atomic E-state index is 12.0. The van der Waals surface area contributed by atoms with Gasteiger partial charge in [0.2, 0.25) is 5.91 Å². The molecule has 0 radical (unpaired) electrons. The minimum atomic E-state index is 0.00765. The highest BCUT2D eigenvalue weighted by Gasteiger charge is 2.14. The van der Waals surface area contributed by atoms with Gasteiger partial charge in [-0.25, -0.2) is 9.50 Å². The number of rotatable bonds is 7. The average molecular weight is 387 g/mol. The molecule has 3 aromatic rings. The Labute approximate surface area is 163 Å². The number of nitrogens with one attached hydrogen (secondary N) is 1. The van der Waals surface area contributed by atoms with Crippen molar-refractivity contribution < 1.29 is 9.53 Å². The van der Waals surface area contributed by atoms with Gasteiger partial charge in [-0.05, 0) is 38.0 Å². The third-order valence-electron chi connectivity index (χ3n) is 4.53. The number of hydrogen-bond donors (Lipinski definition) is 1. The first-order valence-electron chi connectivity index (χ1n) is 8.87. The Hall–Kier alpha value is -2.44. The third kappa shape index (κ3) is 4.46. The molecule has 0 aliphatic heterocycles. The van der Waals surface area contributed by atoms with E-state index in [0.29, 0.717) is 31.0 Å². The Morgan fingerprint density at radius 2 is 2.00 bits per heavy atom. The quantitative estimate of drug-likeness (QED) is 0.632. The van der Waals surface area contributed by atoms with Crippen molar-refractivity contribution in [3.05, 3.63) is 52.3 Å². The molecule has 1 N–H and O–H groups in total. The zero-order valence-corrected chi connectivity index (χ0v) is 16.5. The van der Waals surface area contributed by atoms with E-state index in [0.717, 1.165) is 33.9 Å². The Bertz CT molecular complexity index is 951. The first-order valence-corrected chi connectivity index (χ1v) is 9.25. The SMILES string of the molecule is COCCNC(=O)CCc1c(C)nc2cc(-c3ccc(Cl)cc3)nn2c1C. The molecule has 1 aromatic carbocycles. The van der Waals surface area contributed by atoms with Crippen molar-refractivity contribution >= 4 is 23.2 Å². The van der Waals surface area contributed by atoms with Crippen LogP contribution in [0.2, 0.25) is 5.02 Å². The van der Waals surface area contributed by atoms with E-state index >= 15 is 0 Å². The molecule has 142 valence electrons. The van der Waals surface area contributed by atoms with Crippen LogP contribution in [-0.2, 0) is 16.0 Å². The molecule has 7 heteroatoms. The van der Waals surface area contributed by atoms with Crippen LogP contribution in [0.1, 0.15) is 23.4 Å². The van der Waals surface area contributed by atoms with Gasteiger partial charge in [-0.15, -0.1) is 0 Å². The number of aryl methyl sites for hydroxylation is 2. The van der Waals surface area contributed by atoms with Crippen LogP contribution in [0, 0.1) is 13.8 Å². The Morgan fingerprint density at radius 1 is 1.26 bits per heavy atom. The lowest BCUT2D eigenvalue weighted by atomic mass is 10.1. The molecule has 0 aliphatic rings.